The van der Waals surface area contributed by atoms with Gasteiger partial charge in [0.1, 0.15) is 0 Å². The Hall–Kier alpha value is -1.60. The van der Waals surface area contributed by atoms with Crippen molar-refractivity contribution in [1.29, 1.82) is 0 Å². The molecule has 0 amide bonds. The number of alkyl halides is 3. The standard InChI is InChI=1S/C13H15F3N2O2/c14-13(15,16)11-7-9(17)1-2-10(11)12(19)8-18-3-5-20-6-4-18/h1-2,7H,3-6,8,17H2. The van der Waals surface area contributed by atoms with Crippen LogP contribution in [-0.4, -0.2) is 43.5 Å². The van der Waals surface area contributed by atoms with Crippen molar-refractivity contribution in [2.24, 2.45) is 0 Å². The smallest absolute Gasteiger partial charge is 0.399 e. The van der Waals surface area contributed by atoms with Gasteiger partial charge in [-0.05, 0) is 18.2 Å². The van der Waals surface area contributed by atoms with Crippen LogP contribution in [0.3, 0.4) is 0 Å². The van der Waals surface area contributed by atoms with E-state index in [9.17, 15) is 18.0 Å². The lowest BCUT2D eigenvalue weighted by Crippen LogP contribution is -2.39. The van der Waals surface area contributed by atoms with E-state index in [0.717, 1.165) is 12.1 Å². The third-order valence-corrected chi connectivity index (χ3v) is 3.12. The van der Waals surface area contributed by atoms with Crippen LogP contribution in [0.4, 0.5) is 18.9 Å². The summed E-state index contributed by atoms with van der Waals surface area (Å²) in [6.07, 6.45) is -4.59. The molecule has 0 aliphatic carbocycles. The van der Waals surface area contributed by atoms with Gasteiger partial charge in [0, 0.05) is 24.3 Å². The first-order valence-electron chi connectivity index (χ1n) is 6.18. The summed E-state index contributed by atoms with van der Waals surface area (Å²) in [5.41, 5.74) is 4.05. The highest BCUT2D eigenvalue weighted by molar-refractivity contribution is 5.99. The predicted octanol–water partition coefficient (Wildman–Crippen LogP) is 1.80. The van der Waals surface area contributed by atoms with Gasteiger partial charge in [0.25, 0.3) is 0 Å². The van der Waals surface area contributed by atoms with E-state index in [4.69, 9.17) is 10.5 Å². The van der Waals surface area contributed by atoms with Gasteiger partial charge in [-0.2, -0.15) is 13.2 Å². The second kappa shape index (κ2) is 5.80. The lowest BCUT2D eigenvalue weighted by molar-refractivity contribution is -0.137. The van der Waals surface area contributed by atoms with Gasteiger partial charge in [-0.3, -0.25) is 9.69 Å². The summed E-state index contributed by atoms with van der Waals surface area (Å²) in [4.78, 5) is 13.8. The molecular formula is C13H15F3N2O2. The van der Waals surface area contributed by atoms with Crippen LogP contribution < -0.4 is 5.73 Å². The zero-order valence-corrected chi connectivity index (χ0v) is 10.7. The highest BCUT2D eigenvalue weighted by atomic mass is 19.4. The molecule has 1 aromatic rings. The van der Waals surface area contributed by atoms with Crippen LogP contribution in [-0.2, 0) is 10.9 Å². The van der Waals surface area contributed by atoms with E-state index in [2.05, 4.69) is 0 Å². The third kappa shape index (κ3) is 3.49. The van der Waals surface area contributed by atoms with Crippen molar-refractivity contribution in [3.05, 3.63) is 29.3 Å². The Balaban J connectivity index is 2.20. The fraction of sp³-hybridized carbons (Fsp3) is 0.462. The van der Waals surface area contributed by atoms with Crippen LogP contribution in [0.15, 0.2) is 18.2 Å². The first kappa shape index (κ1) is 14.8. The number of morpholine rings is 1. The quantitative estimate of drug-likeness (QED) is 0.680. The molecule has 0 saturated carbocycles. The largest absolute Gasteiger partial charge is 0.417 e. The van der Waals surface area contributed by atoms with Gasteiger partial charge >= 0.3 is 6.18 Å². The molecule has 7 heteroatoms. The number of hydrogen-bond acceptors (Lipinski definition) is 4. The highest BCUT2D eigenvalue weighted by Crippen LogP contribution is 2.33. The molecule has 1 heterocycles. The van der Waals surface area contributed by atoms with Crippen molar-refractivity contribution >= 4 is 11.5 Å². The summed E-state index contributed by atoms with van der Waals surface area (Å²) in [7, 11) is 0. The number of nitrogens with two attached hydrogens (primary N) is 1. The second-order valence-corrected chi connectivity index (χ2v) is 4.61. The number of benzene rings is 1. The fourth-order valence-electron chi connectivity index (χ4n) is 2.09. The number of hydrogen-bond donors (Lipinski definition) is 1. The number of carbonyl (C=O) groups is 1. The topological polar surface area (TPSA) is 55.6 Å². The van der Waals surface area contributed by atoms with Gasteiger partial charge in [-0.1, -0.05) is 0 Å². The van der Waals surface area contributed by atoms with Crippen molar-refractivity contribution in [2.45, 2.75) is 6.18 Å². The van der Waals surface area contributed by atoms with Crippen LogP contribution in [0.1, 0.15) is 15.9 Å². The number of ether oxygens (including phenoxy) is 1. The van der Waals surface area contributed by atoms with Gasteiger partial charge < -0.3 is 10.5 Å². The van der Waals surface area contributed by atoms with Crippen molar-refractivity contribution in [3.63, 3.8) is 0 Å². The minimum absolute atomic E-state index is 0.0137. The number of rotatable bonds is 3. The number of nitrogen functional groups attached to an aromatic ring is 1. The molecule has 0 unspecified atom stereocenters. The summed E-state index contributed by atoms with van der Waals surface area (Å²) >= 11 is 0. The van der Waals surface area contributed by atoms with Crippen LogP contribution >= 0.6 is 0 Å². The predicted molar refractivity (Wildman–Crippen MR) is 67.4 cm³/mol. The molecule has 0 atom stereocenters. The lowest BCUT2D eigenvalue weighted by atomic mass is 10.0. The molecule has 20 heavy (non-hydrogen) atoms. The summed E-state index contributed by atoms with van der Waals surface area (Å²) < 4.78 is 43.9. The zero-order valence-electron chi connectivity index (χ0n) is 10.7. The molecule has 1 saturated heterocycles. The maximum atomic E-state index is 12.9. The molecule has 0 spiro atoms. The van der Waals surface area contributed by atoms with Crippen molar-refractivity contribution in [3.8, 4) is 0 Å². The van der Waals surface area contributed by atoms with E-state index in [1.165, 1.54) is 6.07 Å². The highest BCUT2D eigenvalue weighted by Gasteiger charge is 2.35. The summed E-state index contributed by atoms with van der Waals surface area (Å²) in [6.45, 7) is 2.02. The molecule has 4 nitrogen and oxygen atoms in total. The number of Topliss-reactive ketones (excluding diaryl/α,β-unsaturated/α-hetero) is 1. The molecule has 2 rings (SSSR count). The van der Waals surface area contributed by atoms with E-state index in [1.807, 2.05) is 0 Å². The first-order chi connectivity index (χ1) is 9.38. The molecule has 2 N–H and O–H groups in total. The Morgan fingerprint density at radius 3 is 2.55 bits per heavy atom. The molecule has 1 fully saturated rings. The maximum absolute atomic E-state index is 12.9. The molecule has 1 aliphatic rings. The Morgan fingerprint density at radius 1 is 1.30 bits per heavy atom. The summed E-state index contributed by atoms with van der Waals surface area (Å²) in [6, 6.07) is 3.25. The molecule has 1 aliphatic heterocycles. The Kier molecular flexibility index (Phi) is 4.29. The minimum Gasteiger partial charge on any atom is -0.399 e. The zero-order chi connectivity index (χ0) is 14.8. The van der Waals surface area contributed by atoms with Crippen molar-refractivity contribution in [2.75, 3.05) is 38.6 Å². The van der Waals surface area contributed by atoms with Crippen molar-refractivity contribution in [1.82, 2.24) is 4.90 Å². The van der Waals surface area contributed by atoms with Gasteiger partial charge in [0.2, 0.25) is 0 Å². The number of nitrogens with zero attached hydrogens (tertiary/aromatic N) is 1. The number of ketones is 1. The van der Waals surface area contributed by atoms with Gasteiger partial charge in [-0.25, -0.2) is 0 Å². The molecule has 1 aromatic carbocycles. The number of halogens is 3. The minimum atomic E-state index is -4.59. The van der Waals surface area contributed by atoms with Crippen molar-refractivity contribution < 1.29 is 22.7 Å². The summed E-state index contributed by atoms with van der Waals surface area (Å²) in [5.74, 6) is -0.556. The number of anilines is 1. The molecule has 0 radical (unpaired) electrons. The Bertz CT molecular complexity index is 497. The third-order valence-electron chi connectivity index (χ3n) is 3.12. The molecular weight excluding hydrogens is 273 g/mol. The van der Waals surface area contributed by atoms with Crippen LogP contribution in [0.25, 0.3) is 0 Å². The normalized spacial score (nSPS) is 17.1. The van der Waals surface area contributed by atoms with Crippen LogP contribution in [0.5, 0.6) is 0 Å². The monoisotopic (exact) mass is 288 g/mol. The van der Waals surface area contributed by atoms with E-state index < -0.39 is 17.5 Å². The van der Waals surface area contributed by atoms with E-state index >= 15 is 0 Å². The molecule has 110 valence electrons. The van der Waals surface area contributed by atoms with E-state index in [0.29, 0.717) is 26.3 Å². The van der Waals surface area contributed by atoms with Gasteiger partial charge in [-0.15, -0.1) is 0 Å². The SMILES string of the molecule is Nc1ccc(C(=O)CN2CCOCC2)c(C(F)(F)F)c1. The Morgan fingerprint density at radius 2 is 1.95 bits per heavy atom. The first-order valence-corrected chi connectivity index (χ1v) is 6.18. The van der Waals surface area contributed by atoms with E-state index in [-0.39, 0.29) is 17.8 Å². The number of carbonyl (C=O) groups excluding carboxylic acids is 1. The fourth-order valence-corrected chi connectivity index (χ4v) is 2.09. The van der Waals surface area contributed by atoms with E-state index in [1.54, 1.807) is 4.90 Å². The average Bonchev–Trinajstić information content (AvgIpc) is 2.38. The van der Waals surface area contributed by atoms with Crippen LogP contribution in [0.2, 0.25) is 0 Å². The maximum Gasteiger partial charge on any atom is 0.417 e. The lowest BCUT2D eigenvalue weighted by Gasteiger charge is -2.26. The Labute approximate surface area is 114 Å². The van der Waals surface area contributed by atoms with Gasteiger partial charge in [0.05, 0.1) is 25.3 Å². The second-order valence-electron chi connectivity index (χ2n) is 4.61. The molecule has 0 aromatic heterocycles. The summed E-state index contributed by atoms with van der Waals surface area (Å²) in [5, 5.41) is 0. The van der Waals surface area contributed by atoms with Crippen LogP contribution in [0, 0.1) is 0 Å². The molecule has 0 bridgehead atoms. The average molecular weight is 288 g/mol. The van der Waals surface area contributed by atoms with Gasteiger partial charge in [0.15, 0.2) is 5.78 Å².